The Balaban J connectivity index is 1.30. The van der Waals surface area contributed by atoms with E-state index in [1.54, 1.807) is 6.07 Å². The van der Waals surface area contributed by atoms with Crippen molar-refractivity contribution in [3.63, 3.8) is 0 Å². The van der Waals surface area contributed by atoms with Crippen molar-refractivity contribution < 1.29 is 19.0 Å². The van der Waals surface area contributed by atoms with Crippen LogP contribution in [0.4, 0.5) is 4.39 Å². The second-order valence-electron chi connectivity index (χ2n) is 12.2. The molecular formula is C33H35FO3. The van der Waals surface area contributed by atoms with E-state index in [0.29, 0.717) is 18.1 Å². The largest absolute Gasteiger partial charge is 0.489 e. The molecule has 3 aromatic rings. The molecule has 0 radical (unpaired) electrons. The zero-order chi connectivity index (χ0) is 25.9. The Kier molecular flexibility index (Phi) is 5.70. The van der Waals surface area contributed by atoms with E-state index < -0.39 is 5.97 Å². The molecule has 2 saturated carbocycles. The Morgan fingerprint density at radius 3 is 2.62 bits per heavy atom. The van der Waals surface area contributed by atoms with Crippen molar-refractivity contribution >= 4 is 5.97 Å². The summed E-state index contributed by atoms with van der Waals surface area (Å²) in [5.41, 5.74) is 7.37. The van der Waals surface area contributed by atoms with Gasteiger partial charge in [0, 0.05) is 11.0 Å². The number of fused-ring (bicyclic) bond motifs is 2. The van der Waals surface area contributed by atoms with Gasteiger partial charge >= 0.3 is 5.97 Å². The third kappa shape index (κ3) is 4.15. The number of carboxylic acids is 1. The Morgan fingerprint density at radius 1 is 1.05 bits per heavy atom. The van der Waals surface area contributed by atoms with Crippen LogP contribution < -0.4 is 4.74 Å². The highest BCUT2D eigenvalue weighted by Crippen LogP contribution is 2.62. The van der Waals surface area contributed by atoms with Gasteiger partial charge in [0.1, 0.15) is 18.2 Å². The van der Waals surface area contributed by atoms with Gasteiger partial charge in [-0.3, -0.25) is 4.79 Å². The predicted molar refractivity (Wildman–Crippen MR) is 143 cm³/mol. The average molecular weight is 499 g/mol. The smallest absolute Gasteiger partial charge is 0.307 e. The minimum atomic E-state index is -0.688. The number of carbonyl (C=O) groups is 1. The lowest BCUT2D eigenvalue weighted by Crippen LogP contribution is -2.17. The van der Waals surface area contributed by atoms with Gasteiger partial charge in [-0.15, -0.1) is 0 Å². The lowest BCUT2D eigenvalue weighted by atomic mass is 9.75. The molecule has 0 unspecified atom stereocenters. The van der Waals surface area contributed by atoms with Gasteiger partial charge in [0.15, 0.2) is 0 Å². The Morgan fingerprint density at radius 2 is 1.89 bits per heavy atom. The number of carboxylic acid groups (broad SMARTS) is 1. The molecule has 3 nitrogen and oxygen atoms in total. The molecule has 4 heteroatoms. The maximum absolute atomic E-state index is 15.0. The second-order valence-corrected chi connectivity index (χ2v) is 12.2. The van der Waals surface area contributed by atoms with Crippen LogP contribution in [0.5, 0.6) is 5.75 Å². The van der Waals surface area contributed by atoms with E-state index in [-0.39, 0.29) is 22.6 Å². The number of benzene rings is 3. The first-order valence-electron chi connectivity index (χ1n) is 13.6. The normalized spacial score (nSPS) is 25.3. The van der Waals surface area contributed by atoms with Crippen LogP contribution in [0, 0.1) is 24.1 Å². The predicted octanol–water partition coefficient (Wildman–Crippen LogP) is 7.96. The summed E-state index contributed by atoms with van der Waals surface area (Å²) in [6, 6.07) is 17.9. The molecule has 0 amide bonds. The molecule has 0 saturated heterocycles. The Hall–Kier alpha value is -3.14. The quantitative estimate of drug-likeness (QED) is 0.375. The molecule has 37 heavy (non-hydrogen) atoms. The van der Waals surface area contributed by atoms with E-state index in [4.69, 9.17) is 4.74 Å². The minimum absolute atomic E-state index is 0.160. The number of aliphatic carboxylic acids is 1. The number of halogens is 1. The molecule has 1 spiro atoms. The van der Waals surface area contributed by atoms with Gasteiger partial charge in [0.05, 0.1) is 5.92 Å². The third-order valence-electron chi connectivity index (χ3n) is 9.40. The fraction of sp³-hybridized carbons (Fsp3) is 0.424. The van der Waals surface area contributed by atoms with Crippen LogP contribution in [0.15, 0.2) is 54.6 Å². The molecule has 2 fully saturated rings. The number of hydrogen-bond acceptors (Lipinski definition) is 2. The van der Waals surface area contributed by atoms with Crippen LogP contribution in [0.3, 0.4) is 0 Å². The molecule has 3 aliphatic rings. The minimum Gasteiger partial charge on any atom is -0.489 e. The summed E-state index contributed by atoms with van der Waals surface area (Å²) in [7, 11) is 0. The van der Waals surface area contributed by atoms with Crippen molar-refractivity contribution in [1.29, 1.82) is 0 Å². The summed E-state index contributed by atoms with van der Waals surface area (Å²) >= 11 is 0. The van der Waals surface area contributed by atoms with Crippen molar-refractivity contribution in [3.8, 4) is 16.9 Å². The van der Waals surface area contributed by atoms with Crippen LogP contribution >= 0.6 is 0 Å². The maximum Gasteiger partial charge on any atom is 0.307 e. The summed E-state index contributed by atoms with van der Waals surface area (Å²) in [6.07, 6.45) is 6.05. The zero-order valence-corrected chi connectivity index (χ0v) is 21.9. The first-order chi connectivity index (χ1) is 17.7. The van der Waals surface area contributed by atoms with E-state index in [0.717, 1.165) is 53.7 Å². The van der Waals surface area contributed by atoms with Crippen LogP contribution in [0.25, 0.3) is 11.1 Å². The molecule has 192 valence electrons. The zero-order valence-electron chi connectivity index (χ0n) is 21.9. The molecule has 0 heterocycles. The van der Waals surface area contributed by atoms with Gasteiger partial charge in [-0.1, -0.05) is 56.2 Å². The van der Waals surface area contributed by atoms with Crippen LogP contribution in [0.2, 0.25) is 0 Å². The van der Waals surface area contributed by atoms with E-state index in [9.17, 15) is 14.3 Å². The SMILES string of the molecule is Cc1ccc(F)c(-c2ccc(COc3ccc4c(c3)[C@]3(CC4)C[C@H]3C(=O)O)cc2[C@H]2CCCC2(C)C)c1. The number of aryl methyl sites for hydroxylation is 2. The molecule has 3 atom stereocenters. The maximum atomic E-state index is 15.0. The monoisotopic (exact) mass is 498 g/mol. The van der Waals surface area contributed by atoms with Gasteiger partial charge in [0.2, 0.25) is 0 Å². The molecule has 0 aliphatic heterocycles. The van der Waals surface area contributed by atoms with E-state index in [2.05, 4.69) is 44.2 Å². The molecule has 1 N–H and O–H groups in total. The second kappa shape index (κ2) is 8.72. The Bertz CT molecular complexity index is 1390. The summed E-state index contributed by atoms with van der Waals surface area (Å²) < 4.78 is 21.2. The van der Waals surface area contributed by atoms with Gasteiger partial charge in [-0.05, 0) is 102 Å². The first-order valence-corrected chi connectivity index (χ1v) is 13.6. The fourth-order valence-corrected chi connectivity index (χ4v) is 7.17. The van der Waals surface area contributed by atoms with E-state index in [1.807, 2.05) is 25.1 Å². The summed E-state index contributed by atoms with van der Waals surface area (Å²) in [5, 5.41) is 9.56. The molecule has 0 bridgehead atoms. The van der Waals surface area contributed by atoms with Crippen molar-refractivity contribution in [2.75, 3.05) is 0 Å². The van der Waals surface area contributed by atoms with Crippen LogP contribution in [0.1, 0.15) is 79.7 Å². The third-order valence-corrected chi connectivity index (χ3v) is 9.40. The van der Waals surface area contributed by atoms with Gasteiger partial charge in [0.25, 0.3) is 0 Å². The van der Waals surface area contributed by atoms with Crippen molar-refractivity contribution in [3.05, 3.63) is 88.2 Å². The number of ether oxygens (including phenoxy) is 1. The highest BCUT2D eigenvalue weighted by atomic mass is 19.1. The fourth-order valence-electron chi connectivity index (χ4n) is 7.17. The Labute approximate surface area is 218 Å². The van der Waals surface area contributed by atoms with Gasteiger partial charge < -0.3 is 9.84 Å². The van der Waals surface area contributed by atoms with Crippen molar-refractivity contribution in [1.82, 2.24) is 0 Å². The first kappa shape index (κ1) is 24.2. The number of rotatable bonds is 6. The average Bonchev–Trinajstić information content (AvgIpc) is 3.36. The number of hydrogen-bond donors (Lipinski definition) is 1. The van der Waals surface area contributed by atoms with E-state index >= 15 is 0 Å². The summed E-state index contributed by atoms with van der Waals surface area (Å²) in [6.45, 7) is 7.08. The van der Waals surface area contributed by atoms with Crippen LogP contribution in [-0.2, 0) is 23.2 Å². The van der Waals surface area contributed by atoms with Crippen molar-refractivity contribution in [2.24, 2.45) is 11.3 Å². The standard InChI is InChI=1S/C33H35FO3/c1-20-6-11-30(34)26(15-20)24-10-7-21(16-25(24)27-5-4-13-32(27,2)3)19-37-23-9-8-22-12-14-33(28(22)17-23)18-29(33)31(35)36/h6-11,15-17,27,29H,4-5,12-14,18-19H2,1-3H3,(H,35,36)/t27-,29+,33+/m1/s1. The van der Waals surface area contributed by atoms with Crippen molar-refractivity contribution in [2.45, 2.75) is 77.2 Å². The molecule has 0 aromatic heterocycles. The lowest BCUT2D eigenvalue weighted by Gasteiger charge is -2.30. The van der Waals surface area contributed by atoms with Gasteiger partial charge in [-0.25, -0.2) is 4.39 Å². The molecule has 6 rings (SSSR count). The van der Waals surface area contributed by atoms with Gasteiger partial charge in [-0.2, -0.15) is 0 Å². The topological polar surface area (TPSA) is 46.5 Å². The summed E-state index contributed by atoms with van der Waals surface area (Å²) in [4.78, 5) is 11.6. The molecular weight excluding hydrogens is 463 g/mol. The molecule has 3 aliphatic carbocycles. The van der Waals surface area contributed by atoms with Crippen LogP contribution in [-0.4, -0.2) is 11.1 Å². The highest BCUT2D eigenvalue weighted by Gasteiger charge is 2.61. The lowest BCUT2D eigenvalue weighted by molar-refractivity contribution is -0.139. The van der Waals surface area contributed by atoms with E-state index in [1.165, 1.54) is 24.0 Å². The summed E-state index contributed by atoms with van der Waals surface area (Å²) in [5.74, 6) is 0.0127. The highest BCUT2D eigenvalue weighted by molar-refractivity contribution is 5.78. The molecule has 3 aromatic carbocycles.